The van der Waals surface area contributed by atoms with Crippen molar-refractivity contribution in [1.82, 2.24) is 4.90 Å². The maximum Gasteiger partial charge on any atom is 0.0600 e. The molecule has 2 heteroatoms. The van der Waals surface area contributed by atoms with Gasteiger partial charge in [-0.3, -0.25) is 4.90 Å². The molecule has 86 valence electrons. The van der Waals surface area contributed by atoms with E-state index in [-0.39, 0.29) is 6.10 Å². The molecule has 3 aliphatic rings. The van der Waals surface area contributed by atoms with Gasteiger partial charge in [-0.2, -0.15) is 0 Å². The number of nitrogens with zero attached hydrogens (tertiary/aromatic N) is 1. The number of hydrogen-bond donors (Lipinski definition) is 1. The lowest BCUT2D eigenvalue weighted by Gasteiger charge is -2.43. The second kappa shape index (κ2) is 3.74. The number of rotatable bonds is 1. The summed E-state index contributed by atoms with van der Waals surface area (Å²) in [6.45, 7) is 0. The Hall–Kier alpha value is -0.0800. The monoisotopic (exact) mass is 209 g/mol. The Bertz CT molecular complexity index is 237. The summed E-state index contributed by atoms with van der Waals surface area (Å²) in [6.07, 6.45) is 9.23. The molecule has 4 unspecified atom stereocenters. The summed E-state index contributed by atoms with van der Waals surface area (Å²) in [5.74, 6) is 1.42. The van der Waals surface area contributed by atoms with E-state index in [9.17, 15) is 5.11 Å². The predicted octanol–water partition coefficient (Wildman–Crippen LogP) is 2.02. The van der Waals surface area contributed by atoms with E-state index in [0.717, 1.165) is 12.3 Å². The van der Waals surface area contributed by atoms with Gasteiger partial charge in [-0.15, -0.1) is 0 Å². The number of hydrogen-bond acceptors (Lipinski definition) is 2. The second-order valence-electron chi connectivity index (χ2n) is 5.89. The van der Waals surface area contributed by atoms with Crippen LogP contribution < -0.4 is 0 Å². The summed E-state index contributed by atoms with van der Waals surface area (Å²) in [5.41, 5.74) is 0. The summed E-state index contributed by atoms with van der Waals surface area (Å²) in [6, 6.07) is 1.38. The van der Waals surface area contributed by atoms with Gasteiger partial charge in [0.25, 0.3) is 0 Å². The molecule has 2 heterocycles. The summed E-state index contributed by atoms with van der Waals surface area (Å²) >= 11 is 0. The molecular formula is C13H23NO. The fourth-order valence-electron chi connectivity index (χ4n) is 4.45. The predicted molar refractivity (Wildman–Crippen MR) is 60.6 cm³/mol. The molecule has 4 atom stereocenters. The lowest BCUT2D eigenvalue weighted by atomic mass is 9.77. The Kier molecular flexibility index (Phi) is 2.52. The van der Waals surface area contributed by atoms with Gasteiger partial charge in [0.1, 0.15) is 0 Å². The smallest absolute Gasteiger partial charge is 0.0600 e. The topological polar surface area (TPSA) is 23.5 Å². The van der Waals surface area contributed by atoms with E-state index in [1.807, 2.05) is 0 Å². The van der Waals surface area contributed by atoms with Gasteiger partial charge in [0.15, 0.2) is 0 Å². The van der Waals surface area contributed by atoms with Gasteiger partial charge in [-0.25, -0.2) is 0 Å². The van der Waals surface area contributed by atoms with Crippen molar-refractivity contribution in [1.29, 1.82) is 0 Å². The van der Waals surface area contributed by atoms with E-state index in [4.69, 9.17) is 0 Å². The van der Waals surface area contributed by atoms with Gasteiger partial charge in [0, 0.05) is 18.0 Å². The minimum absolute atomic E-state index is 0.00167. The summed E-state index contributed by atoms with van der Waals surface area (Å²) in [4.78, 5) is 2.57. The molecular weight excluding hydrogens is 186 g/mol. The molecule has 0 amide bonds. The average Bonchev–Trinajstić information content (AvgIpc) is 2.79. The highest BCUT2D eigenvalue weighted by Crippen LogP contribution is 2.45. The zero-order valence-corrected chi connectivity index (χ0v) is 9.73. The van der Waals surface area contributed by atoms with Gasteiger partial charge in [-0.1, -0.05) is 25.7 Å². The SMILES string of the molecule is CN1C2CCC1C(C1CCCC1)C(O)C2. The highest BCUT2D eigenvalue weighted by atomic mass is 16.3. The lowest BCUT2D eigenvalue weighted by Crippen LogP contribution is -2.51. The molecule has 15 heavy (non-hydrogen) atoms. The third kappa shape index (κ3) is 1.53. The summed E-state index contributed by atoms with van der Waals surface area (Å²) < 4.78 is 0. The van der Waals surface area contributed by atoms with Crippen LogP contribution in [0.25, 0.3) is 0 Å². The number of fused-ring (bicyclic) bond motifs is 2. The van der Waals surface area contributed by atoms with E-state index in [0.29, 0.717) is 18.0 Å². The van der Waals surface area contributed by atoms with E-state index in [1.165, 1.54) is 38.5 Å². The molecule has 2 bridgehead atoms. The molecule has 2 saturated heterocycles. The van der Waals surface area contributed by atoms with Crippen molar-refractivity contribution >= 4 is 0 Å². The first-order chi connectivity index (χ1) is 7.27. The molecule has 0 aromatic heterocycles. The first-order valence-corrected chi connectivity index (χ1v) is 6.67. The normalized spacial score (nSPS) is 47.6. The highest BCUT2D eigenvalue weighted by Gasteiger charge is 2.47. The van der Waals surface area contributed by atoms with Crippen molar-refractivity contribution in [2.24, 2.45) is 11.8 Å². The highest BCUT2D eigenvalue weighted by molar-refractivity contribution is 5.01. The average molecular weight is 209 g/mol. The first kappa shape index (κ1) is 10.1. The number of aliphatic hydroxyl groups is 1. The minimum Gasteiger partial charge on any atom is -0.393 e. The molecule has 2 aliphatic heterocycles. The third-order valence-electron chi connectivity index (χ3n) is 5.24. The molecule has 3 rings (SSSR count). The molecule has 1 saturated carbocycles. The zero-order valence-electron chi connectivity index (χ0n) is 9.73. The van der Waals surface area contributed by atoms with E-state index >= 15 is 0 Å². The molecule has 3 fully saturated rings. The van der Waals surface area contributed by atoms with E-state index < -0.39 is 0 Å². The van der Waals surface area contributed by atoms with Crippen LogP contribution in [-0.4, -0.2) is 35.2 Å². The Labute approximate surface area is 92.7 Å². The fourth-order valence-corrected chi connectivity index (χ4v) is 4.45. The van der Waals surface area contributed by atoms with E-state index in [2.05, 4.69) is 11.9 Å². The minimum atomic E-state index is 0.00167. The molecule has 0 aromatic carbocycles. The zero-order chi connectivity index (χ0) is 10.4. The Balaban J connectivity index is 1.79. The molecule has 1 N–H and O–H groups in total. The molecule has 0 spiro atoms. The lowest BCUT2D eigenvalue weighted by molar-refractivity contribution is -0.0323. The van der Waals surface area contributed by atoms with Crippen molar-refractivity contribution in [2.45, 2.75) is 63.1 Å². The van der Waals surface area contributed by atoms with E-state index in [1.54, 1.807) is 0 Å². The molecule has 2 nitrogen and oxygen atoms in total. The van der Waals surface area contributed by atoms with Gasteiger partial charge in [0.05, 0.1) is 6.10 Å². The quantitative estimate of drug-likeness (QED) is 0.714. The Morgan fingerprint density at radius 3 is 2.53 bits per heavy atom. The van der Waals surface area contributed by atoms with Crippen LogP contribution >= 0.6 is 0 Å². The summed E-state index contributed by atoms with van der Waals surface area (Å²) in [7, 11) is 2.27. The largest absolute Gasteiger partial charge is 0.393 e. The van der Waals surface area contributed by atoms with Crippen LogP contribution in [0.4, 0.5) is 0 Å². The van der Waals surface area contributed by atoms with Gasteiger partial charge in [-0.05, 0) is 32.2 Å². The fraction of sp³-hybridized carbons (Fsp3) is 1.00. The van der Waals surface area contributed by atoms with Crippen molar-refractivity contribution < 1.29 is 5.11 Å². The standard InChI is InChI=1S/C13H23NO/c1-14-10-6-7-11(14)13(12(15)8-10)9-4-2-3-5-9/h9-13,15H,2-8H2,1H3. The van der Waals surface area contributed by atoms with Gasteiger partial charge in [0.2, 0.25) is 0 Å². The van der Waals surface area contributed by atoms with Crippen molar-refractivity contribution in [3.8, 4) is 0 Å². The van der Waals surface area contributed by atoms with Crippen LogP contribution in [0.1, 0.15) is 44.9 Å². The maximum absolute atomic E-state index is 10.3. The van der Waals surface area contributed by atoms with Crippen LogP contribution in [0.3, 0.4) is 0 Å². The summed E-state index contributed by atoms with van der Waals surface area (Å²) in [5, 5.41) is 10.3. The molecule has 0 radical (unpaired) electrons. The molecule has 1 aliphatic carbocycles. The third-order valence-corrected chi connectivity index (χ3v) is 5.24. The van der Waals surface area contributed by atoms with Crippen LogP contribution in [0.2, 0.25) is 0 Å². The van der Waals surface area contributed by atoms with Crippen molar-refractivity contribution in [3.63, 3.8) is 0 Å². The first-order valence-electron chi connectivity index (χ1n) is 6.67. The number of aliphatic hydroxyl groups excluding tert-OH is 1. The maximum atomic E-state index is 10.3. The Morgan fingerprint density at radius 1 is 1.07 bits per heavy atom. The van der Waals surface area contributed by atoms with Crippen molar-refractivity contribution in [3.05, 3.63) is 0 Å². The van der Waals surface area contributed by atoms with Crippen LogP contribution in [0.5, 0.6) is 0 Å². The van der Waals surface area contributed by atoms with Crippen LogP contribution in [0.15, 0.2) is 0 Å². The van der Waals surface area contributed by atoms with Gasteiger partial charge < -0.3 is 5.11 Å². The molecule has 0 aromatic rings. The van der Waals surface area contributed by atoms with Crippen LogP contribution in [-0.2, 0) is 0 Å². The van der Waals surface area contributed by atoms with Crippen molar-refractivity contribution in [2.75, 3.05) is 7.05 Å². The second-order valence-corrected chi connectivity index (χ2v) is 5.89. The Morgan fingerprint density at radius 2 is 1.80 bits per heavy atom. The van der Waals surface area contributed by atoms with Crippen LogP contribution in [0, 0.1) is 11.8 Å². The van der Waals surface area contributed by atoms with Gasteiger partial charge >= 0.3 is 0 Å². The number of piperidine rings is 1.